The average molecular weight is 182 g/mol. The van der Waals surface area contributed by atoms with Crippen molar-refractivity contribution < 1.29 is 0 Å². The molecule has 0 aromatic heterocycles. The lowest BCUT2D eigenvalue weighted by atomic mass is 9.90. The molecule has 0 aliphatic carbocycles. The fourth-order valence-corrected chi connectivity index (χ4v) is 1.75. The van der Waals surface area contributed by atoms with E-state index in [0.29, 0.717) is 12.0 Å². The van der Waals surface area contributed by atoms with E-state index >= 15 is 0 Å². The van der Waals surface area contributed by atoms with Crippen molar-refractivity contribution in [3.63, 3.8) is 0 Å². The Balaban J connectivity index is 4.07. The van der Waals surface area contributed by atoms with Gasteiger partial charge in [0.2, 0.25) is 0 Å². The molecule has 0 aromatic rings. The summed E-state index contributed by atoms with van der Waals surface area (Å²) in [4.78, 5) is 4.08. The first kappa shape index (κ1) is 12.4. The molecular formula is C11H22N2. The molecule has 0 aromatic carbocycles. The Morgan fingerprint density at radius 3 is 2.31 bits per heavy atom. The highest BCUT2D eigenvalue weighted by Crippen LogP contribution is 2.21. The van der Waals surface area contributed by atoms with Crippen molar-refractivity contribution in [2.24, 2.45) is 10.9 Å². The molecule has 0 saturated carbocycles. The molecule has 0 spiro atoms. The normalized spacial score (nSPS) is 14.7. The number of hydrogen-bond acceptors (Lipinski definition) is 2. The summed E-state index contributed by atoms with van der Waals surface area (Å²) in [7, 11) is 0. The van der Waals surface area contributed by atoms with E-state index in [1.54, 1.807) is 0 Å². The lowest BCUT2D eigenvalue weighted by molar-refractivity contribution is 0.366. The minimum absolute atomic E-state index is 0.328. The van der Waals surface area contributed by atoms with Gasteiger partial charge in [-0.05, 0) is 18.8 Å². The van der Waals surface area contributed by atoms with E-state index in [1.807, 2.05) is 0 Å². The molecule has 0 aliphatic rings. The maximum Gasteiger partial charge on any atom is 0.0864 e. The van der Waals surface area contributed by atoms with Crippen LogP contribution in [0.1, 0.15) is 52.9 Å². The van der Waals surface area contributed by atoms with Crippen molar-refractivity contribution in [1.82, 2.24) is 0 Å². The lowest BCUT2D eigenvalue weighted by Gasteiger charge is -2.20. The molecule has 0 radical (unpaired) electrons. The molecule has 0 saturated heterocycles. The first-order valence-corrected chi connectivity index (χ1v) is 5.41. The first-order valence-electron chi connectivity index (χ1n) is 5.41. The van der Waals surface area contributed by atoms with Gasteiger partial charge in [-0.3, -0.25) is 0 Å². The topological polar surface area (TPSA) is 36.2 Å². The minimum atomic E-state index is 0.328. The van der Waals surface area contributed by atoms with Crippen LogP contribution >= 0.6 is 0 Å². The summed E-state index contributed by atoms with van der Waals surface area (Å²) < 4.78 is 0. The Morgan fingerprint density at radius 2 is 1.92 bits per heavy atom. The zero-order chi connectivity index (χ0) is 10.1. The Bertz CT molecular complexity index is 159. The van der Waals surface area contributed by atoms with Gasteiger partial charge < -0.3 is 0 Å². The quantitative estimate of drug-likeness (QED) is 0.582. The molecule has 0 bridgehead atoms. The summed E-state index contributed by atoms with van der Waals surface area (Å²) in [6.07, 6.45) is 5.98. The van der Waals surface area contributed by atoms with Crippen LogP contribution in [-0.4, -0.2) is 12.1 Å². The molecule has 2 nitrogen and oxygen atoms in total. The van der Waals surface area contributed by atoms with Gasteiger partial charge in [0, 0.05) is 0 Å². The van der Waals surface area contributed by atoms with Crippen LogP contribution in [0.4, 0.5) is 0 Å². The maximum atomic E-state index is 6.87. The first-order chi connectivity index (χ1) is 6.29. The molecule has 13 heavy (non-hydrogen) atoms. The number of aliphatic imine (C=N–C) groups is 1. The smallest absolute Gasteiger partial charge is 0.0864 e. The summed E-state index contributed by atoms with van der Waals surface area (Å²) in [5.74, 6) is 0.655. The SMILES string of the molecule is CCCCC(CC)C(CC)N=C=N. The van der Waals surface area contributed by atoms with Gasteiger partial charge in [-0.1, -0.05) is 40.0 Å². The number of nitrogens with one attached hydrogen (secondary N) is 1. The third-order valence-electron chi connectivity index (χ3n) is 2.65. The molecule has 2 unspecified atom stereocenters. The van der Waals surface area contributed by atoms with Gasteiger partial charge in [0.05, 0.1) is 12.1 Å². The molecule has 0 fully saturated rings. The summed E-state index contributed by atoms with van der Waals surface area (Å²) in [5.41, 5.74) is 0. The van der Waals surface area contributed by atoms with E-state index in [4.69, 9.17) is 5.41 Å². The van der Waals surface area contributed by atoms with Gasteiger partial charge in [0.25, 0.3) is 0 Å². The average Bonchev–Trinajstić information content (AvgIpc) is 2.17. The highest BCUT2D eigenvalue weighted by Gasteiger charge is 2.16. The number of nitrogens with zero attached hydrogens (tertiary/aromatic N) is 1. The van der Waals surface area contributed by atoms with Gasteiger partial charge in [-0.25, -0.2) is 10.4 Å². The largest absolute Gasteiger partial charge is 0.242 e. The van der Waals surface area contributed by atoms with E-state index in [2.05, 4.69) is 31.8 Å². The fraction of sp³-hybridized carbons (Fsp3) is 0.909. The zero-order valence-electron chi connectivity index (χ0n) is 9.14. The van der Waals surface area contributed by atoms with Gasteiger partial charge in [0.15, 0.2) is 0 Å². The number of unbranched alkanes of at least 4 members (excludes halogenated alkanes) is 1. The Labute approximate surface area is 82.0 Å². The second-order valence-electron chi connectivity index (χ2n) is 3.53. The van der Waals surface area contributed by atoms with Gasteiger partial charge in [-0.15, -0.1) is 0 Å². The van der Waals surface area contributed by atoms with Crippen LogP contribution in [0.25, 0.3) is 0 Å². The van der Waals surface area contributed by atoms with E-state index in [-0.39, 0.29) is 0 Å². The molecule has 0 amide bonds. The second-order valence-corrected chi connectivity index (χ2v) is 3.53. The van der Waals surface area contributed by atoms with E-state index < -0.39 is 0 Å². The molecule has 0 heterocycles. The predicted octanol–water partition coefficient (Wildman–Crippen LogP) is 3.73. The van der Waals surface area contributed by atoms with Crippen LogP contribution < -0.4 is 0 Å². The van der Waals surface area contributed by atoms with Crippen molar-refractivity contribution in [2.75, 3.05) is 0 Å². The standard InChI is InChI=1S/C11H22N2/c1-4-7-8-10(5-2)11(6-3)13-9-12/h10-12H,4-8H2,1-3H3. The predicted molar refractivity (Wildman–Crippen MR) is 57.5 cm³/mol. The Morgan fingerprint density at radius 1 is 1.23 bits per heavy atom. The van der Waals surface area contributed by atoms with Crippen LogP contribution in [0.3, 0.4) is 0 Å². The highest BCUT2D eigenvalue weighted by molar-refractivity contribution is 5.36. The lowest BCUT2D eigenvalue weighted by Crippen LogP contribution is -2.17. The third kappa shape index (κ3) is 4.84. The number of rotatable bonds is 7. The van der Waals surface area contributed by atoms with Crippen LogP contribution in [0, 0.1) is 11.3 Å². The molecule has 2 atom stereocenters. The summed E-state index contributed by atoms with van der Waals surface area (Å²) >= 11 is 0. The van der Waals surface area contributed by atoms with Crippen molar-refractivity contribution in [3.8, 4) is 0 Å². The molecular weight excluding hydrogens is 160 g/mol. The molecule has 0 rings (SSSR count). The van der Waals surface area contributed by atoms with Crippen molar-refractivity contribution >= 4 is 6.01 Å². The van der Waals surface area contributed by atoms with Crippen LogP contribution in [-0.2, 0) is 0 Å². The van der Waals surface area contributed by atoms with Crippen LogP contribution in [0.15, 0.2) is 4.99 Å². The fourth-order valence-electron chi connectivity index (χ4n) is 1.75. The molecule has 0 aliphatic heterocycles. The van der Waals surface area contributed by atoms with Crippen molar-refractivity contribution in [3.05, 3.63) is 0 Å². The second kappa shape index (κ2) is 8.00. The number of hydrogen-bond donors (Lipinski definition) is 1. The highest BCUT2D eigenvalue weighted by atomic mass is 14.8. The van der Waals surface area contributed by atoms with Crippen molar-refractivity contribution in [2.45, 2.75) is 58.9 Å². The Hall–Kier alpha value is -0.620. The van der Waals surface area contributed by atoms with Crippen molar-refractivity contribution in [1.29, 1.82) is 5.41 Å². The van der Waals surface area contributed by atoms with E-state index in [9.17, 15) is 0 Å². The molecule has 76 valence electrons. The minimum Gasteiger partial charge on any atom is -0.242 e. The molecule has 1 N–H and O–H groups in total. The third-order valence-corrected chi connectivity index (χ3v) is 2.65. The summed E-state index contributed by atoms with van der Waals surface area (Å²) in [6, 6.07) is 2.51. The molecule has 2 heteroatoms. The van der Waals surface area contributed by atoms with Gasteiger partial charge in [-0.2, -0.15) is 0 Å². The van der Waals surface area contributed by atoms with Gasteiger partial charge >= 0.3 is 0 Å². The summed E-state index contributed by atoms with van der Waals surface area (Å²) in [5, 5.41) is 6.87. The van der Waals surface area contributed by atoms with Crippen LogP contribution in [0.2, 0.25) is 0 Å². The van der Waals surface area contributed by atoms with Crippen LogP contribution in [0.5, 0.6) is 0 Å². The van der Waals surface area contributed by atoms with E-state index in [1.165, 1.54) is 25.7 Å². The van der Waals surface area contributed by atoms with Gasteiger partial charge in [0.1, 0.15) is 0 Å². The monoisotopic (exact) mass is 182 g/mol. The van der Waals surface area contributed by atoms with E-state index in [0.717, 1.165) is 6.42 Å². The zero-order valence-corrected chi connectivity index (χ0v) is 9.14. The maximum absolute atomic E-state index is 6.87. The summed E-state index contributed by atoms with van der Waals surface area (Å²) in [6.45, 7) is 6.57. The Kier molecular flexibility index (Phi) is 7.62.